The molecule has 244 valence electrons. The lowest BCUT2D eigenvalue weighted by atomic mass is 10.1. The van der Waals surface area contributed by atoms with Gasteiger partial charge >= 0.3 is 0 Å². The minimum absolute atomic E-state index is 0.0474. The Kier molecular flexibility index (Phi) is 7.94. The number of nitrogens with zero attached hydrogens (tertiary/aromatic N) is 4. The fourth-order valence-electron chi connectivity index (χ4n) is 5.01. The van der Waals surface area contributed by atoms with Crippen LogP contribution in [0.5, 0.6) is 5.75 Å². The number of benzene rings is 6. The van der Waals surface area contributed by atoms with Crippen LogP contribution in [0.2, 0.25) is 0 Å². The van der Waals surface area contributed by atoms with Crippen molar-refractivity contribution in [3.8, 4) is 5.75 Å². The van der Waals surface area contributed by atoms with Crippen molar-refractivity contribution in [2.45, 2.75) is 14.7 Å². The third kappa shape index (κ3) is 6.30. The normalized spacial score (nSPS) is 13.0. The number of phenols is 1. The Bertz CT molecular complexity index is 2730. The average molecular weight is 708 g/mol. The highest BCUT2D eigenvalue weighted by Gasteiger charge is 2.20. The zero-order valence-corrected chi connectivity index (χ0v) is 26.4. The second kappa shape index (κ2) is 11.7. The van der Waals surface area contributed by atoms with E-state index in [1.807, 2.05) is 0 Å². The smallest absolute Gasteiger partial charge is 0.296 e. The van der Waals surface area contributed by atoms with Gasteiger partial charge in [0, 0.05) is 21.8 Å². The Morgan fingerprint density at radius 2 is 1.12 bits per heavy atom. The topological polar surface area (TPSA) is 259 Å². The minimum Gasteiger partial charge on any atom is -0.506 e. The summed E-state index contributed by atoms with van der Waals surface area (Å²) in [6.07, 6.45) is 0. The van der Waals surface area contributed by atoms with Crippen LogP contribution in [0, 0.1) is 0 Å². The van der Waals surface area contributed by atoms with Crippen LogP contribution in [0.4, 0.5) is 28.4 Å². The van der Waals surface area contributed by atoms with Gasteiger partial charge in [-0.1, -0.05) is 30.3 Å². The highest BCUT2D eigenvalue weighted by molar-refractivity contribution is 7.86. The van der Waals surface area contributed by atoms with Crippen molar-refractivity contribution in [2.24, 2.45) is 20.5 Å². The number of hydrogen-bond donors (Lipinski definition) is 5. The van der Waals surface area contributed by atoms with E-state index in [-0.39, 0.29) is 44.7 Å². The minimum atomic E-state index is -4.92. The largest absolute Gasteiger partial charge is 0.506 e. The van der Waals surface area contributed by atoms with Gasteiger partial charge in [0.1, 0.15) is 22.0 Å². The van der Waals surface area contributed by atoms with E-state index in [0.717, 1.165) is 30.3 Å². The molecule has 0 saturated carbocycles. The Balaban J connectivity index is 1.51. The molecular weight excluding hydrogens is 687 g/mol. The molecule has 0 spiro atoms. The van der Waals surface area contributed by atoms with E-state index in [1.165, 1.54) is 36.4 Å². The van der Waals surface area contributed by atoms with Crippen molar-refractivity contribution in [1.29, 1.82) is 0 Å². The fraction of sp³-hybridized carbons (Fsp3) is 0. The monoisotopic (exact) mass is 707 g/mol. The van der Waals surface area contributed by atoms with E-state index in [4.69, 9.17) is 5.73 Å². The third-order valence-corrected chi connectivity index (χ3v) is 9.84. The Labute approximate surface area is 272 Å². The average Bonchev–Trinajstić information content (AvgIpc) is 3.01. The van der Waals surface area contributed by atoms with E-state index in [0.29, 0.717) is 21.8 Å². The van der Waals surface area contributed by atoms with Crippen LogP contribution in [0.3, 0.4) is 0 Å². The zero-order valence-electron chi connectivity index (χ0n) is 24.0. The molecule has 0 amide bonds. The molecule has 0 fully saturated rings. The molecule has 18 heteroatoms. The highest BCUT2D eigenvalue weighted by Crippen LogP contribution is 2.42. The summed E-state index contributed by atoms with van der Waals surface area (Å²) in [6, 6.07) is 20.1. The predicted molar refractivity (Wildman–Crippen MR) is 176 cm³/mol. The highest BCUT2D eigenvalue weighted by atomic mass is 32.2. The lowest BCUT2D eigenvalue weighted by molar-refractivity contribution is 0.477. The van der Waals surface area contributed by atoms with Crippen LogP contribution in [-0.2, 0) is 30.4 Å². The first-order chi connectivity index (χ1) is 22.5. The Morgan fingerprint density at radius 3 is 1.81 bits per heavy atom. The first-order valence-corrected chi connectivity index (χ1v) is 17.7. The van der Waals surface area contributed by atoms with E-state index >= 15 is 0 Å². The van der Waals surface area contributed by atoms with E-state index < -0.39 is 45.0 Å². The second-order valence-corrected chi connectivity index (χ2v) is 14.6. The third-order valence-electron chi connectivity index (χ3n) is 7.26. The standard InChI is InChI=1S/C30H21N5O10S3/c31-23-3-1-2-16-5-11-27(36)30(29(16)23)35-33-25-10-9-24(21-8-7-20(15-22(21)25)47(40,41)42)32-34-26-13-17-4-6-19(46(37,38)39)12-18(17)14-28(26)48(43,44)45/h1-15,36H,31H2,(H,37,38,39)(H,40,41,42)(H,43,44,45). The van der Waals surface area contributed by atoms with Crippen molar-refractivity contribution in [1.82, 2.24) is 0 Å². The molecule has 48 heavy (non-hydrogen) atoms. The second-order valence-electron chi connectivity index (χ2n) is 10.3. The van der Waals surface area contributed by atoms with E-state index in [9.17, 15) is 44.0 Å². The number of phenolic OH excluding ortho intramolecular Hbond substituents is 1. The van der Waals surface area contributed by atoms with Crippen LogP contribution in [0.15, 0.2) is 126 Å². The maximum atomic E-state index is 12.3. The molecule has 0 aromatic heterocycles. The SMILES string of the molecule is Nc1cccc2ccc(O)c(N=Nc3ccc(N=Nc4cc5ccc(S(=O)(=O)O)cc5cc4S(=O)(=O)O)c4ccc(S(=O)(=O)O)cc34)c12. The summed E-state index contributed by atoms with van der Waals surface area (Å²) in [5.74, 6) is -0.225. The van der Waals surface area contributed by atoms with Gasteiger partial charge in [-0.15, -0.1) is 20.5 Å². The van der Waals surface area contributed by atoms with Crippen molar-refractivity contribution in [3.63, 3.8) is 0 Å². The lowest BCUT2D eigenvalue weighted by Gasteiger charge is -2.09. The first-order valence-electron chi connectivity index (χ1n) is 13.4. The maximum Gasteiger partial charge on any atom is 0.296 e. The molecule has 6 aromatic rings. The number of aromatic hydroxyl groups is 1. The molecule has 0 bridgehead atoms. The Morgan fingerprint density at radius 1 is 0.521 bits per heavy atom. The first kappa shape index (κ1) is 32.6. The molecule has 6 rings (SSSR count). The van der Waals surface area contributed by atoms with Gasteiger partial charge in [0.05, 0.1) is 21.2 Å². The molecule has 0 radical (unpaired) electrons. The van der Waals surface area contributed by atoms with Crippen molar-refractivity contribution in [2.75, 3.05) is 5.73 Å². The van der Waals surface area contributed by atoms with Crippen LogP contribution in [0.1, 0.15) is 0 Å². The molecule has 6 aromatic carbocycles. The summed E-state index contributed by atoms with van der Waals surface area (Å²) in [7, 11) is -14.2. The summed E-state index contributed by atoms with van der Waals surface area (Å²) in [5, 5.41) is 28.9. The quantitative estimate of drug-likeness (QED) is 0.0640. The lowest BCUT2D eigenvalue weighted by Crippen LogP contribution is -2.00. The number of fused-ring (bicyclic) bond motifs is 3. The van der Waals surface area contributed by atoms with Crippen molar-refractivity contribution < 1.29 is 44.0 Å². The molecule has 0 unspecified atom stereocenters. The summed E-state index contributed by atoms with van der Waals surface area (Å²) >= 11 is 0. The molecular formula is C30H21N5O10S3. The van der Waals surface area contributed by atoms with Gasteiger partial charge in [0.15, 0.2) is 0 Å². The summed E-state index contributed by atoms with van der Waals surface area (Å²) < 4.78 is 101. The fourth-order valence-corrected chi connectivity index (χ4v) is 6.67. The molecule has 0 atom stereocenters. The van der Waals surface area contributed by atoms with Gasteiger partial charge in [0.25, 0.3) is 30.4 Å². The van der Waals surface area contributed by atoms with Crippen molar-refractivity contribution >= 4 is 91.1 Å². The summed E-state index contributed by atoms with van der Waals surface area (Å²) in [6.45, 7) is 0. The van der Waals surface area contributed by atoms with Gasteiger partial charge in [0.2, 0.25) is 0 Å². The Hall–Kier alpha value is -5.37. The van der Waals surface area contributed by atoms with Gasteiger partial charge < -0.3 is 10.8 Å². The molecule has 0 saturated heterocycles. The maximum absolute atomic E-state index is 12.3. The van der Waals surface area contributed by atoms with Crippen LogP contribution in [-0.4, -0.2) is 44.0 Å². The van der Waals surface area contributed by atoms with E-state index in [2.05, 4.69) is 20.5 Å². The van der Waals surface area contributed by atoms with Gasteiger partial charge in [-0.3, -0.25) is 13.7 Å². The number of hydrogen-bond acceptors (Lipinski definition) is 12. The number of nitrogens with two attached hydrogens (primary N) is 1. The van der Waals surface area contributed by atoms with Crippen LogP contribution < -0.4 is 5.73 Å². The van der Waals surface area contributed by atoms with Crippen LogP contribution >= 0.6 is 0 Å². The molecule has 0 aliphatic carbocycles. The van der Waals surface area contributed by atoms with Gasteiger partial charge in [-0.05, 0) is 76.8 Å². The number of rotatable bonds is 7. The molecule has 0 heterocycles. The van der Waals surface area contributed by atoms with E-state index in [1.54, 1.807) is 24.3 Å². The van der Waals surface area contributed by atoms with Gasteiger partial charge in [-0.25, -0.2) is 0 Å². The number of anilines is 1. The number of nitrogen functional groups attached to an aromatic ring is 1. The summed E-state index contributed by atoms with van der Waals surface area (Å²) in [4.78, 5) is -1.70. The van der Waals surface area contributed by atoms with Gasteiger partial charge in [-0.2, -0.15) is 25.3 Å². The zero-order chi connectivity index (χ0) is 34.6. The summed E-state index contributed by atoms with van der Waals surface area (Å²) in [5.41, 5.74) is 6.32. The van der Waals surface area contributed by atoms with Crippen molar-refractivity contribution in [3.05, 3.63) is 91.0 Å². The van der Waals surface area contributed by atoms with Crippen LogP contribution in [0.25, 0.3) is 32.3 Å². The molecule has 6 N–H and O–H groups in total. The molecule has 0 aliphatic rings. The number of azo groups is 2. The predicted octanol–water partition coefficient (Wildman–Crippen LogP) is 7.00. The molecule has 15 nitrogen and oxygen atoms in total. The molecule has 0 aliphatic heterocycles.